The van der Waals surface area contributed by atoms with Gasteiger partial charge in [0.2, 0.25) is 0 Å². The summed E-state index contributed by atoms with van der Waals surface area (Å²) in [4.78, 5) is 19.0. The van der Waals surface area contributed by atoms with Gasteiger partial charge >= 0.3 is 0 Å². The zero-order chi connectivity index (χ0) is 30.4. The Morgan fingerprint density at radius 1 is 0.644 bits per heavy atom. The molecular weight excluding hydrogens is 552 g/mol. The van der Waals surface area contributed by atoms with Crippen LogP contribution >= 0.6 is 0 Å². The van der Waals surface area contributed by atoms with Gasteiger partial charge in [-0.1, -0.05) is 109 Å². The maximum atomic E-state index is 6.61. The van der Waals surface area contributed by atoms with Gasteiger partial charge < -0.3 is 4.74 Å². The van der Waals surface area contributed by atoms with Gasteiger partial charge in [-0.05, 0) is 66.2 Å². The lowest BCUT2D eigenvalue weighted by Gasteiger charge is -2.39. The van der Waals surface area contributed by atoms with Crippen molar-refractivity contribution >= 4 is 12.4 Å². The molecular formula is C40H28N4O. The van der Waals surface area contributed by atoms with E-state index < -0.39 is 5.41 Å². The predicted octanol–water partition coefficient (Wildman–Crippen LogP) is 9.29. The van der Waals surface area contributed by atoms with Crippen molar-refractivity contribution in [3.8, 4) is 45.4 Å². The number of nitrogens with zero attached hydrogens (tertiary/aromatic N) is 4. The molecule has 1 aliphatic carbocycles. The van der Waals surface area contributed by atoms with Gasteiger partial charge in [0.25, 0.3) is 0 Å². The number of benzene rings is 5. The van der Waals surface area contributed by atoms with Gasteiger partial charge in [-0.3, -0.25) is 4.99 Å². The van der Waals surface area contributed by atoms with E-state index >= 15 is 0 Å². The van der Waals surface area contributed by atoms with Crippen LogP contribution in [0, 0.1) is 0 Å². The van der Waals surface area contributed by atoms with Crippen molar-refractivity contribution in [2.75, 3.05) is 0 Å². The first kappa shape index (κ1) is 26.7. The van der Waals surface area contributed by atoms with Crippen molar-refractivity contribution in [2.45, 2.75) is 12.3 Å². The van der Waals surface area contributed by atoms with Crippen LogP contribution in [0.5, 0.6) is 11.5 Å². The van der Waals surface area contributed by atoms with Crippen LogP contribution in [0.2, 0.25) is 0 Å². The van der Waals surface area contributed by atoms with E-state index in [9.17, 15) is 0 Å². The van der Waals surface area contributed by atoms with E-state index in [1.165, 1.54) is 22.3 Å². The summed E-state index contributed by atoms with van der Waals surface area (Å²) in [6.07, 6.45) is 5.70. The Hall–Kier alpha value is -5.94. The number of para-hydroxylation sites is 1. The molecule has 0 unspecified atom stereocenters. The van der Waals surface area contributed by atoms with Crippen LogP contribution in [-0.2, 0) is 5.41 Å². The normalized spacial score (nSPS) is 13.9. The van der Waals surface area contributed by atoms with Crippen molar-refractivity contribution in [3.05, 3.63) is 168 Å². The smallest absolute Gasteiger partial charge is 0.182 e. The molecule has 0 saturated heterocycles. The SMILES string of the molecule is C=N/C(=C\C=C/C)c1nc(-c2ccccc2)nc(-c2ccc3c(c2)C2(c4ccccc4O3)c3ccccc3-c3ccccc32)n1. The average Bonchev–Trinajstić information content (AvgIpc) is 3.40. The van der Waals surface area contributed by atoms with Crippen molar-refractivity contribution in [1.82, 2.24) is 15.0 Å². The van der Waals surface area contributed by atoms with Gasteiger partial charge in [0.05, 0.1) is 5.41 Å². The maximum Gasteiger partial charge on any atom is 0.182 e. The van der Waals surface area contributed by atoms with Crippen LogP contribution in [0.1, 0.15) is 35.0 Å². The second-order valence-electron chi connectivity index (χ2n) is 11.1. The molecule has 214 valence electrons. The molecule has 0 bridgehead atoms. The first-order valence-electron chi connectivity index (χ1n) is 15.0. The zero-order valence-electron chi connectivity index (χ0n) is 24.7. The van der Waals surface area contributed by atoms with Gasteiger partial charge in [0.1, 0.15) is 17.2 Å². The molecule has 5 aromatic carbocycles. The first-order valence-corrected chi connectivity index (χ1v) is 15.0. The molecule has 5 nitrogen and oxygen atoms in total. The van der Waals surface area contributed by atoms with Crippen LogP contribution < -0.4 is 4.74 Å². The molecule has 0 amide bonds. The van der Waals surface area contributed by atoms with Crippen LogP contribution in [0.3, 0.4) is 0 Å². The molecule has 1 aromatic heterocycles. The highest BCUT2D eigenvalue weighted by molar-refractivity contribution is 5.89. The second kappa shape index (κ2) is 10.6. The Morgan fingerprint density at radius 3 is 1.93 bits per heavy atom. The summed E-state index contributed by atoms with van der Waals surface area (Å²) in [5.74, 6) is 3.23. The fraction of sp³-hybridized carbons (Fsp3) is 0.0500. The molecule has 2 aliphatic rings. The monoisotopic (exact) mass is 580 g/mol. The first-order chi connectivity index (χ1) is 22.2. The highest BCUT2D eigenvalue weighted by Gasteiger charge is 2.51. The van der Waals surface area contributed by atoms with E-state index in [-0.39, 0.29) is 0 Å². The molecule has 0 radical (unpaired) electrons. The Labute approximate surface area is 262 Å². The maximum absolute atomic E-state index is 6.61. The number of hydrogen-bond acceptors (Lipinski definition) is 5. The van der Waals surface area contributed by atoms with E-state index in [4.69, 9.17) is 19.7 Å². The molecule has 0 atom stereocenters. The highest BCUT2D eigenvalue weighted by Crippen LogP contribution is 2.62. The Bertz CT molecular complexity index is 2140. The summed E-state index contributed by atoms with van der Waals surface area (Å²) in [5.41, 5.74) is 8.81. The number of ether oxygens (including phenoxy) is 1. The highest BCUT2D eigenvalue weighted by atomic mass is 16.5. The largest absolute Gasteiger partial charge is 0.457 e. The molecule has 2 heterocycles. The summed E-state index contributed by atoms with van der Waals surface area (Å²) in [6, 6.07) is 42.0. The van der Waals surface area contributed by atoms with Crippen LogP contribution in [0.4, 0.5) is 0 Å². The summed E-state index contributed by atoms with van der Waals surface area (Å²) < 4.78 is 6.61. The molecule has 45 heavy (non-hydrogen) atoms. The van der Waals surface area contributed by atoms with E-state index in [1.54, 1.807) is 0 Å². The predicted molar refractivity (Wildman–Crippen MR) is 180 cm³/mol. The van der Waals surface area contributed by atoms with Gasteiger partial charge in [-0.15, -0.1) is 0 Å². The molecule has 8 rings (SSSR count). The third-order valence-electron chi connectivity index (χ3n) is 8.62. The lowest BCUT2D eigenvalue weighted by atomic mass is 9.66. The number of rotatable bonds is 5. The Balaban J connectivity index is 1.41. The standard InChI is InChI=1S/C40H28N4O/c1-3-4-21-34(41-2)39-43-37(26-14-6-5-7-15-26)42-38(44-39)27-23-24-36-33(25-27)40(32-20-12-13-22-35(32)45-36)30-18-10-8-16-28(30)29-17-9-11-19-31(29)40/h3-25H,2H2,1H3/b4-3-,34-21-. The number of aliphatic imine (C=N–C) groups is 1. The van der Waals surface area contributed by atoms with E-state index in [0.29, 0.717) is 23.2 Å². The number of fused-ring (bicyclic) bond motifs is 9. The fourth-order valence-electron chi connectivity index (χ4n) is 6.72. The summed E-state index contributed by atoms with van der Waals surface area (Å²) in [6.45, 7) is 5.75. The minimum atomic E-state index is -0.578. The minimum absolute atomic E-state index is 0.456. The number of aromatic nitrogens is 3. The quantitative estimate of drug-likeness (QED) is 0.150. The fourth-order valence-corrected chi connectivity index (χ4v) is 6.72. The van der Waals surface area contributed by atoms with Crippen LogP contribution in [-0.4, -0.2) is 21.7 Å². The van der Waals surface area contributed by atoms with E-state index in [2.05, 4.69) is 84.5 Å². The van der Waals surface area contributed by atoms with Gasteiger partial charge in [0, 0.05) is 22.3 Å². The third-order valence-corrected chi connectivity index (χ3v) is 8.62. The van der Waals surface area contributed by atoms with Crippen molar-refractivity contribution in [3.63, 3.8) is 0 Å². The Kier molecular flexibility index (Phi) is 6.31. The number of allylic oxidation sites excluding steroid dienone is 3. The third kappa shape index (κ3) is 4.09. The van der Waals surface area contributed by atoms with Crippen molar-refractivity contribution in [2.24, 2.45) is 4.99 Å². The van der Waals surface area contributed by atoms with Gasteiger partial charge in [0.15, 0.2) is 17.5 Å². The molecule has 1 aliphatic heterocycles. The lowest BCUT2D eigenvalue weighted by Crippen LogP contribution is -2.32. The Morgan fingerprint density at radius 2 is 1.24 bits per heavy atom. The summed E-state index contributed by atoms with van der Waals surface area (Å²) in [5, 5.41) is 0. The molecule has 1 spiro atoms. The number of hydrogen-bond donors (Lipinski definition) is 0. The van der Waals surface area contributed by atoms with Crippen molar-refractivity contribution < 1.29 is 4.74 Å². The summed E-state index contributed by atoms with van der Waals surface area (Å²) >= 11 is 0. The molecule has 0 N–H and O–H groups in total. The summed E-state index contributed by atoms with van der Waals surface area (Å²) in [7, 11) is 0. The molecule has 6 aromatic rings. The van der Waals surface area contributed by atoms with Crippen LogP contribution in [0.15, 0.2) is 145 Å². The van der Waals surface area contributed by atoms with Crippen molar-refractivity contribution in [1.29, 1.82) is 0 Å². The molecule has 5 heteroatoms. The van der Waals surface area contributed by atoms with Gasteiger partial charge in [-0.2, -0.15) is 0 Å². The molecule has 0 saturated carbocycles. The topological polar surface area (TPSA) is 60.3 Å². The zero-order valence-corrected chi connectivity index (χ0v) is 24.7. The van der Waals surface area contributed by atoms with Gasteiger partial charge in [-0.25, -0.2) is 15.0 Å². The van der Waals surface area contributed by atoms with E-state index in [1.807, 2.05) is 73.7 Å². The van der Waals surface area contributed by atoms with Crippen LogP contribution in [0.25, 0.3) is 39.6 Å². The average molecular weight is 581 g/mol. The molecule has 0 fully saturated rings. The second-order valence-corrected chi connectivity index (χ2v) is 11.1. The van der Waals surface area contributed by atoms with E-state index in [0.717, 1.165) is 33.8 Å². The lowest BCUT2D eigenvalue weighted by molar-refractivity contribution is 0.436. The minimum Gasteiger partial charge on any atom is -0.457 e.